The second kappa shape index (κ2) is 10.9. The Bertz CT molecular complexity index is 1660. The van der Waals surface area contributed by atoms with Crippen molar-refractivity contribution in [2.24, 2.45) is 5.10 Å². The summed E-state index contributed by atoms with van der Waals surface area (Å²) >= 11 is 0. The molecule has 2 heterocycles. The van der Waals surface area contributed by atoms with Gasteiger partial charge in [0.1, 0.15) is 0 Å². The second-order valence-corrected chi connectivity index (χ2v) is 9.06. The average Bonchev–Trinajstić information content (AvgIpc) is 3.66. The lowest BCUT2D eigenvalue weighted by atomic mass is 10.1. The number of carbonyl (C=O) groups excluding carboxylic acids is 1. The van der Waals surface area contributed by atoms with Crippen LogP contribution in [0.15, 0.2) is 151 Å². The zero-order valence-electron chi connectivity index (χ0n) is 21.2. The van der Waals surface area contributed by atoms with Crippen molar-refractivity contribution in [2.75, 3.05) is 0 Å². The van der Waals surface area contributed by atoms with Gasteiger partial charge >= 0.3 is 0 Å². The van der Waals surface area contributed by atoms with Crippen LogP contribution < -0.4 is 5.43 Å². The Morgan fingerprint density at radius 2 is 1.15 bits per heavy atom. The van der Waals surface area contributed by atoms with Crippen LogP contribution in [0.2, 0.25) is 0 Å². The number of benzene rings is 4. The molecule has 1 N–H and O–H groups in total. The molecule has 0 spiro atoms. The van der Waals surface area contributed by atoms with Crippen LogP contribution in [0.25, 0.3) is 33.9 Å². The normalized spacial score (nSPS) is 11.1. The molecule has 6 rings (SSSR count). The van der Waals surface area contributed by atoms with Gasteiger partial charge in [-0.1, -0.05) is 78.9 Å². The molecular weight excluding hydrogens is 480 g/mol. The van der Waals surface area contributed by atoms with E-state index in [2.05, 4.69) is 51.5 Å². The molecule has 0 atom stereocenters. The first-order valence-electron chi connectivity index (χ1n) is 12.8. The van der Waals surface area contributed by atoms with Crippen molar-refractivity contribution >= 4 is 12.1 Å². The van der Waals surface area contributed by atoms with Gasteiger partial charge in [-0.05, 0) is 71.8 Å². The number of hydrogen-bond donors (Lipinski definition) is 1. The minimum absolute atomic E-state index is 0.269. The van der Waals surface area contributed by atoms with E-state index in [-0.39, 0.29) is 5.91 Å². The number of para-hydroxylation sites is 1. The molecule has 0 aliphatic heterocycles. The van der Waals surface area contributed by atoms with E-state index in [1.807, 2.05) is 114 Å². The van der Waals surface area contributed by atoms with E-state index in [9.17, 15) is 4.79 Å². The minimum atomic E-state index is -0.269. The van der Waals surface area contributed by atoms with E-state index in [4.69, 9.17) is 0 Å². The molecule has 6 aromatic rings. The Hall–Kier alpha value is -5.42. The van der Waals surface area contributed by atoms with Gasteiger partial charge in [-0.25, -0.2) is 5.43 Å². The molecule has 1 amide bonds. The SMILES string of the molecule is O=C(N/N=C\c1cccn1-c1ccccc1)c1ccc(-n2c(-c3ccccc3)ccc2-c2ccccc2)cc1. The monoisotopic (exact) mass is 506 g/mol. The van der Waals surface area contributed by atoms with Crippen molar-refractivity contribution in [1.29, 1.82) is 0 Å². The summed E-state index contributed by atoms with van der Waals surface area (Å²) in [5.74, 6) is -0.269. The van der Waals surface area contributed by atoms with Crippen molar-refractivity contribution in [2.45, 2.75) is 0 Å². The zero-order chi connectivity index (χ0) is 26.4. The molecule has 39 heavy (non-hydrogen) atoms. The maximum atomic E-state index is 12.9. The number of hydrogen-bond acceptors (Lipinski definition) is 2. The van der Waals surface area contributed by atoms with Gasteiger partial charge in [-0.2, -0.15) is 5.10 Å². The van der Waals surface area contributed by atoms with Gasteiger partial charge in [0.2, 0.25) is 0 Å². The first-order chi connectivity index (χ1) is 19.3. The average molecular weight is 507 g/mol. The van der Waals surface area contributed by atoms with Crippen molar-refractivity contribution in [3.63, 3.8) is 0 Å². The number of rotatable bonds is 7. The summed E-state index contributed by atoms with van der Waals surface area (Å²) in [6.45, 7) is 0. The van der Waals surface area contributed by atoms with Crippen molar-refractivity contribution in [1.82, 2.24) is 14.6 Å². The highest BCUT2D eigenvalue weighted by Crippen LogP contribution is 2.32. The van der Waals surface area contributed by atoms with Crippen LogP contribution in [0.5, 0.6) is 0 Å². The number of nitrogens with zero attached hydrogens (tertiary/aromatic N) is 3. The van der Waals surface area contributed by atoms with Crippen LogP contribution in [0.1, 0.15) is 16.1 Å². The van der Waals surface area contributed by atoms with Gasteiger partial charge < -0.3 is 9.13 Å². The third kappa shape index (κ3) is 5.06. The molecule has 5 nitrogen and oxygen atoms in total. The van der Waals surface area contributed by atoms with Gasteiger partial charge in [-0.15, -0.1) is 0 Å². The lowest BCUT2D eigenvalue weighted by Gasteiger charge is -2.15. The molecular formula is C34H26N4O. The van der Waals surface area contributed by atoms with Crippen molar-refractivity contribution in [3.8, 4) is 33.9 Å². The third-order valence-electron chi connectivity index (χ3n) is 6.59. The van der Waals surface area contributed by atoms with Crippen LogP contribution >= 0.6 is 0 Å². The highest BCUT2D eigenvalue weighted by atomic mass is 16.2. The van der Waals surface area contributed by atoms with E-state index in [0.29, 0.717) is 5.56 Å². The summed E-state index contributed by atoms with van der Waals surface area (Å²) in [5.41, 5.74) is 10.5. The van der Waals surface area contributed by atoms with Gasteiger partial charge in [0.15, 0.2) is 0 Å². The molecule has 0 bridgehead atoms. The van der Waals surface area contributed by atoms with E-state index < -0.39 is 0 Å². The van der Waals surface area contributed by atoms with Gasteiger partial charge in [0.25, 0.3) is 5.91 Å². The quantitative estimate of drug-likeness (QED) is 0.178. The number of aromatic nitrogens is 2. The van der Waals surface area contributed by atoms with Crippen LogP contribution in [0.3, 0.4) is 0 Å². The number of carbonyl (C=O) groups is 1. The molecule has 0 unspecified atom stereocenters. The Morgan fingerprint density at radius 1 is 0.590 bits per heavy atom. The lowest BCUT2D eigenvalue weighted by molar-refractivity contribution is 0.0955. The highest BCUT2D eigenvalue weighted by molar-refractivity contribution is 5.95. The fourth-order valence-corrected chi connectivity index (χ4v) is 4.69. The van der Waals surface area contributed by atoms with Gasteiger partial charge in [-0.3, -0.25) is 4.79 Å². The molecule has 5 heteroatoms. The fraction of sp³-hybridized carbons (Fsp3) is 0. The van der Waals surface area contributed by atoms with Crippen molar-refractivity contribution in [3.05, 3.63) is 157 Å². The predicted molar refractivity (Wildman–Crippen MR) is 157 cm³/mol. The van der Waals surface area contributed by atoms with Crippen LogP contribution in [-0.4, -0.2) is 21.3 Å². The summed E-state index contributed by atoms with van der Waals surface area (Å²) < 4.78 is 4.23. The Kier molecular flexibility index (Phi) is 6.70. The Balaban J connectivity index is 1.25. The molecule has 2 aromatic heterocycles. The van der Waals surface area contributed by atoms with Crippen LogP contribution in [0, 0.1) is 0 Å². The predicted octanol–water partition coefficient (Wildman–Crippen LogP) is 7.37. The topological polar surface area (TPSA) is 51.3 Å². The third-order valence-corrected chi connectivity index (χ3v) is 6.59. The molecule has 0 saturated carbocycles. The van der Waals surface area contributed by atoms with Crippen molar-refractivity contribution < 1.29 is 4.79 Å². The van der Waals surface area contributed by atoms with E-state index in [0.717, 1.165) is 39.6 Å². The van der Waals surface area contributed by atoms with Gasteiger partial charge in [0.05, 0.1) is 23.3 Å². The molecule has 0 aliphatic carbocycles. The van der Waals surface area contributed by atoms with E-state index in [1.54, 1.807) is 6.21 Å². The first kappa shape index (κ1) is 23.9. The molecule has 0 fully saturated rings. The second-order valence-electron chi connectivity index (χ2n) is 9.06. The fourth-order valence-electron chi connectivity index (χ4n) is 4.69. The van der Waals surface area contributed by atoms with Crippen LogP contribution in [0.4, 0.5) is 0 Å². The summed E-state index contributed by atoms with van der Waals surface area (Å²) in [5, 5.41) is 4.21. The Labute approximate surface area is 227 Å². The number of nitrogens with one attached hydrogen (secondary N) is 1. The largest absolute Gasteiger partial charge is 0.316 e. The number of amides is 1. The summed E-state index contributed by atoms with van der Waals surface area (Å²) in [4.78, 5) is 12.9. The smallest absolute Gasteiger partial charge is 0.271 e. The molecule has 4 aromatic carbocycles. The summed E-state index contributed by atoms with van der Waals surface area (Å²) in [6, 6.07) is 46.4. The summed E-state index contributed by atoms with van der Waals surface area (Å²) in [6.07, 6.45) is 3.61. The lowest BCUT2D eigenvalue weighted by Crippen LogP contribution is -2.18. The zero-order valence-corrected chi connectivity index (χ0v) is 21.2. The molecule has 0 aliphatic rings. The maximum absolute atomic E-state index is 12.9. The van der Waals surface area contributed by atoms with E-state index >= 15 is 0 Å². The molecule has 0 saturated heterocycles. The standard InChI is InChI=1S/C34H26N4O/c39-34(36-35-25-31-17-10-24-37(31)29-15-8-3-9-16-29)28-18-20-30(21-19-28)38-32(26-11-4-1-5-12-26)22-23-33(38)27-13-6-2-7-14-27/h1-25H,(H,36,39)/b35-25-. The summed E-state index contributed by atoms with van der Waals surface area (Å²) in [7, 11) is 0. The minimum Gasteiger partial charge on any atom is -0.316 e. The number of hydrazone groups is 1. The van der Waals surface area contributed by atoms with Gasteiger partial charge in [0, 0.05) is 23.1 Å². The molecule has 188 valence electrons. The Morgan fingerprint density at radius 3 is 1.74 bits per heavy atom. The highest BCUT2D eigenvalue weighted by Gasteiger charge is 2.14. The van der Waals surface area contributed by atoms with Crippen LogP contribution in [-0.2, 0) is 0 Å². The maximum Gasteiger partial charge on any atom is 0.271 e. The first-order valence-corrected chi connectivity index (χ1v) is 12.8. The van der Waals surface area contributed by atoms with E-state index in [1.165, 1.54) is 0 Å². The molecule has 0 radical (unpaired) electrons.